The van der Waals surface area contributed by atoms with Crippen LogP contribution in [0.25, 0.3) is 5.57 Å². The van der Waals surface area contributed by atoms with E-state index in [0.717, 1.165) is 6.26 Å². The van der Waals surface area contributed by atoms with Gasteiger partial charge in [-0.05, 0) is 29.9 Å². The summed E-state index contributed by atoms with van der Waals surface area (Å²) < 4.78 is 24.5. The highest BCUT2D eigenvalue weighted by molar-refractivity contribution is 7.95. The number of nitrogens with zero attached hydrogens (tertiary/aromatic N) is 1. The number of amides is 1. The van der Waals surface area contributed by atoms with Crippen molar-refractivity contribution in [1.29, 1.82) is 0 Å². The number of sulfone groups is 1. The van der Waals surface area contributed by atoms with E-state index in [-0.39, 0.29) is 10.7 Å². The van der Waals surface area contributed by atoms with Crippen LogP contribution in [-0.4, -0.2) is 43.9 Å². The van der Waals surface area contributed by atoms with Gasteiger partial charge in [-0.2, -0.15) is 0 Å². The van der Waals surface area contributed by atoms with E-state index >= 15 is 0 Å². The molecule has 23 heavy (non-hydrogen) atoms. The normalized spacial score (nSPS) is 20.0. The third-order valence-electron chi connectivity index (χ3n) is 4.12. The van der Waals surface area contributed by atoms with Gasteiger partial charge in [0.1, 0.15) is 10.4 Å². The second-order valence-corrected chi connectivity index (χ2v) is 7.55. The number of carbonyl (C=O) groups excluding carboxylic acids is 2. The number of allylic oxidation sites excluding steroid dienone is 2. The predicted octanol–water partition coefficient (Wildman–Crippen LogP) is 1.35. The molecule has 0 bridgehead atoms. The SMILES string of the molecule is CN1C(=O)C(S(C)(=O)=O)=C(c2ccccc2)C12C=CC(=O)C=C2. The van der Waals surface area contributed by atoms with Crippen molar-refractivity contribution in [2.45, 2.75) is 5.54 Å². The van der Waals surface area contributed by atoms with Gasteiger partial charge in [-0.15, -0.1) is 0 Å². The topological polar surface area (TPSA) is 71.5 Å². The molecule has 0 fully saturated rings. The molecular formula is C17H15NO4S. The van der Waals surface area contributed by atoms with Crippen molar-refractivity contribution in [3.8, 4) is 0 Å². The van der Waals surface area contributed by atoms with Crippen LogP contribution in [0, 0.1) is 0 Å². The fraction of sp³-hybridized carbons (Fsp3) is 0.176. The van der Waals surface area contributed by atoms with Crippen LogP contribution < -0.4 is 0 Å². The highest BCUT2D eigenvalue weighted by atomic mass is 32.2. The van der Waals surface area contributed by atoms with Crippen LogP contribution in [0.3, 0.4) is 0 Å². The van der Waals surface area contributed by atoms with E-state index in [1.54, 1.807) is 36.4 Å². The Hall–Kier alpha value is -2.47. The smallest absolute Gasteiger partial charge is 0.266 e. The minimum atomic E-state index is -3.74. The van der Waals surface area contributed by atoms with Gasteiger partial charge in [-0.1, -0.05) is 30.3 Å². The van der Waals surface area contributed by atoms with Gasteiger partial charge in [0, 0.05) is 18.9 Å². The largest absolute Gasteiger partial charge is 0.324 e. The molecule has 1 spiro atoms. The first-order chi connectivity index (χ1) is 10.8. The first kappa shape index (κ1) is 15.4. The van der Waals surface area contributed by atoms with E-state index < -0.39 is 21.3 Å². The number of likely N-dealkylation sites (N-methyl/N-ethyl adjacent to an activating group) is 1. The van der Waals surface area contributed by atoms with Gasteiger partial charge < -0.3 is 4.90 Å². The zero-order valence-electron chi connectivity index (χ0n) is 12.7. The highest BCUT2D eigenvalue weighted by Crippen LogP contribution is 2.45. The predicted molar refractivity (Wildman–Crippen MR) is 87.0 cm³/mol. The van der Waals surface area contributed by atoms with Gasteiger partial charge in [-0.3, -0.25) is 9.59 Å². The molecule has 1 aliphatic heterocycles. The zero-order chi connectivity index (χ0) is 16.8. The number of ketones is 1. The molecular weight excluding hydrogens is 314 g/mol. The Balaban J connectivity index is 2.39. The molecule has 1 aliphatic carbocycles. The van der Waals surface area contributed by atoms with Crippen molar-refractivity contribution in [1.82, 2.24) is 4.90 Å². The monoisotopic (exact) mass is 329 g/mol. The molecule has 0 radical (unpaired) electrons. The lowest BCUT2D eigenvalue weighted by Gasteiger charge is -2.34. The first-order valence-electron chi connectivity index (χ1n) is 6.98. The highest BCUT2D eigenvalue weighted by Gasteiger charge is 2.50. The van der Waals surface area contributed by atoms with Gasteiger partial charge >= 0.3 is 0 Å². The molecule has 0 saturated carbocycles. The van der Waals surface area contributed by atoms with Crippen LogP contribution in [0.15, 0.2) is 59.5 Å². The van der Waals surface area contributed by atoms with E-state index in [1.807, 2.05) is 6.07 Å². The van der Waals surface area contributed by atoms with Crippen molar-refractivity contribution < 1.29 is 18.0 Å². The van der Waals surface area contributed by atoms with Crippen LogP contribution in [0.5, 0.6) is 0 Å². The van der Waals surface area contributed by atoms with Crippen LogP contribution in [0.4, 0.5) is 0 Å². The van der Waals surface area contributed by atoms with E-state index in [0.29, 0.717) is 11.1 Å². The molecule has 0 aromatic heterocycles. The quantitative estimate of drug-likeness (QED) is 0.821. The summed E-state index contributed by atoms with van der Waals surface area (Å²) in [4.78, 5) is 25.3. The van der Waals surface area contributed by atoms with Crippen LogP contribution in [0.1, 0.15) is 5.56 Å². The Labute approximate surface area is 134 Å². The van der Waals surface area contributed by atoms with Gasteiger partial charge in [0.2, 0.25) is 0 Å². The number of rotatable bonds is 2. The molecule has 1 aromatic rings. The Bertz CT molecular complexity index is 876. The molecule has 0 atom stereocenters. The standard InChI is InChI=1S/C17H15NO4S/c1-18-16(20)15(23(2,21)22)14(12-6-4-3-5-7-12)17(18)10-8-13(19)9-11-17/h3-11H,1-2H3. The molecule has 1 amide bonds. The van der Waals surface area contributed by atoms with Crippen molar-refractivity contribution in [2.75, 3.05) is 13.3 Å². The lowest BCUT2D eigenvalue weighted by atomic mass is 9.83. The molecule has 3 rings (SSSR count). The summed E-state index contributed by atoms with van der Waals surface area (Å²) >= 11 is 0. The maximum Gasteiger partial charge on any atom is 0.266 e. The van der Waals surface area contributed by atoms with Crippen LogP contribution >= 0.6 is 0 Å². The van der Waals surface area contributed by atoms with Gasteiger partial charge in [0.15, 0.2) is 15.6 Å². The minimum absolute atomic E-state index is 0.198. The minimum Gasteiger partial charge on any atom is -0.324 e. The molecule has 5 nitrogen and oxygen atoms in total. The summed E-state index contributed by atoms with van der Waals surface area (Å²) in [6.07, 6.45) is 6.90. The third-order valence-corrected chi connectivity index (χ3v) is 5.24. The Morgan fingerprint density at radius 1 is 1.00 bits per heavy atom. The summed E-state index contributed by atoms with van der Waals surface area (Å²) in [5, 5.41) is 0. The third kappa shape index (κ3) is 2.26. The Morgan fingerprint density at radius 3 is 2.09 bits per heavy atom. The van der Waals surface area contributed by atoms with Crippen molar-refractivity contribution in [2.24, 2.45) is 0 Å². The van der Waals surface area contributed by atoms with Gasteiger partial charge in [0.05, 0.1) is 0 Å². The maximum absolute atomic E-state index is 12.6. The molecule has 1 aromatic carbocycles. The fourth-order valence-electron chi connectivity index (χ4n) is 3.01. The second kappa shape index (κ2) is 5.03. The van der Waals surface area contributed by atoms with Crippen LogP contribution in [-0.2, 0) is 19.4 Å². The summed E-state index contributed by atoms with van der Waals surface area (Å²) in [6.45, 7) is 0. The number of carbonyl (C=O) groups is 2. The fourth-order valence-corrected chi connectivity index (χ4v) is 4.11. The average Bonchev–Trinajstić information content (AvgIpc) is 2.73. The average molecular weight is 329 g/mol. The van der Waals surface area contributed by atoms with Gasteiger partial charge in [0.25, 0.3) is 5.91 Å². The number of hydrogen-bond acceptors (Lipinski definition) is 4. The van der Waals surface area contributed by atoms with Crippen molar-refractivity contribution >= 4 is 27.1 Å². The van der Waals surface area contributed by atoms with Gasteiger partial charge in [-0.25, -0.2) is 8.42 Å². The lowest BCUT2D eigenvalue weighted by Crippen LogP contribution is -2.43. The Morgan fingerprint density at radius 2 is 1.57 bits per heavy atom. The lowest BCUT2D eigenvalue weighted by molar-refractivity contribution is -0.125. The Kier molecular flexibility index (Phi) is 3.37. The molecule has 6 heteroatoms. The molecule has 0 unspecified atom stereocenters. The summed E-state index contributed by atoms with van der Waals surface area (Å²) in [7, 11) is -2.20. The molecule has 118 valence electrons. The van der Waals surface area contributed by atoms with Crippen LogP contribution in [0.2, 0.25) is 0 Å². The first-order valence-corrected chi connectivity index (χ1v) is 8.87. The van der Waals surface area contributed by atoms with Crippen molar-refractivity contribution in [3.63, 3.8) is 0 Å². The summed E-state index contributed by atoms with van der Waals surface area (Å²) in [5.74, 6) is -0.772. The van der Waals surface area contributed by atoms with E-state index in [9.17, 15) is 18.0 Å². The summed E-state index contributed by atoms with van der Waals surface area (Å²) in [5.41, 5.74) is -0.0486. The zero-order valence-corrected chi connectivity index (χ0v) is 13.5. The van der Waals surface area contributed by atoms with E-state index in [1.165, 1.54) is 24.1 Å². The van der Waals surface area contributed by atoms with E-state index in [2.05, 4.69) is 0 Å². The summed E-state index contributed by atoms with van der Waals surface area (Å²) in [6, 6.07) is 8.88. The molecule has 0 saturated heterocycles. The number of benzene rings is 1. The number of hydrogen-bond donors (Lipinski definition) is 0. The molecule has 1 heterocycles. The molecule has 0 N–H and O–H groups in total. The second-order valence-electron chi connectivity index (χ2n) is 5.60. The van der Waals surface area contributed by atoms with E-state index in [4.69, 9.17) is 0 Å². The molecule has 2 aliphatic rings. The van der Waals surface area contributed by atoms with Crippen molar-refractivity contribution in [3.05, 3.63) is 65.1 Å². The maximum atomic E-state index is 12.6.